The number of alkyl halides is 1. The molecule has 1 aromatic rings. The van der Waals surface area contributed by atoms with Gasteiger partial charge in [-0.05, 0) is 114 Å². The number of halogens is 1. The molecular weight excluding hydrogens is 714 g/mol. The smallest absolute Gasteiger partial charge is 0.244 e. The Morgan fingerprint density at radius 3 is 2.36 bits per heavy atom. The van der Waals surface area contributed by atoms with Gasteiger partial charge in [0.25, 0.3) is 0 Å². The Balaban J connectivity index is 0.000000367. The Labute approximate surface area is 327 Å². The molecule has 9 atom stereocenters. The molecular formula is C41H64ClN3O7S. The lowest BCUT2D eigenvalue weighted by molar-refractivity contribution is -0.205. The highest BCUT2D eigenvalue weighted by Crippen LogP contribution is 2.32. The molecule has 2 unspecified atom stereocenters. The van der Waals surface area contributed by atoms with Gasteiger partial charge in [-0.2, -0.15) is 0 Å². The number of aryl methyl sites for hydroxylation is 1. The number of nitrogens with zero attached hydrogens (tertiary/aromatic N) is 1. The maximum absolute atomic E-state index is 12.9. The summed E-state index contributed by atoms with van der Waals surface area (Å²) in [5, 5.41) is 35.8. The summed E-state index contributed by atoms with van der Waals surface area (Å²) in [5.74, 6) is 1.22. The van der Waals surface area contributed by atoms with Crippen LogP contribution in [0, 0.1) is 26.7 Å². The number of likely N-dealkylation sites (tertiary alicyclic amines) is 1. The molecule has 0 bridgehead atoms. The Bertz CT molecular complexity index is 1480. The van der Waals surface area contributed by atoms with Crippen LogP contribution in [0.3, 0.4) is 0 Å². The fourth-order valence-electron chi connectivity index (χ4n) is 6.75. The Kier molecular flexibility index (Phi) is 19.9. The van der Waals surface area contributed by atoms with Crippen molar-refractivity contribution in [2.45, 2.75) is 122 Å². The van der Waals surface area contributed by atoms with Crippen molar-refractivity contribution < 1.29 is 34.4 Å². The summed E-state index contributed by atoms with van der Waals surface area (Å²) in [6.07, 6.45) is 11.7. The number of nitrogens with one attached hydrogen (secondary N) is 2. The summed E-state index contributed by atoms with van der Waals surface area (Å²) < 4.78 is 11.2. The van der Waals surface area contributed by atoms with Crippen molar-refractivity contribution in [3.63, 3.8) is 0 Å². The molecule has 12 heteroatoms. The fraction of sp³-hybridized carbons (Fsp3) is 0.610. The van der Waals surface area contributed by atoms with Gasteiger partial charge in [-0.25, -0.2) is 0 Å². The molecule has 3 rings (SSSR count). The summed E-state index contributed by atoms with van der Waals surface area (Å²) in [5.41, 5.74) is 6.19. The number of hydrogen-bond donors (Lipinski definition) is 5. The van der Waals surface area contributed by atoms with E-state index in [-0.39, 0.29) is 17.9 Å². The lowest BCUT2D eigenvalue weighted by Crippen LogP contribution is -2.65. The van der Waals surface area contributed by atoms with Crippen molar-refractivity contribution in [1.82, 2.24) is 15.5 Å². The van der Waals surface area contributed by atoms with Gasteiger partial charge in [0.05, 0.1) is 24.6 Å². The van der Waals surface area contributed by atoms with Gasteiger partial charge in [0.1, 0.15) is 35.6 Å². The Hall–Kier alpha value is -2.64. The molecule has 0 radical (unpaired) electrons. The third kappa shape index (κ3) is 13.6. The van der Waals surface area contributed by atoms with Crippen LogP contribution in [0.1, 0.15) is 76.1 Å². The second-order valence-corrected chi connectivity index (χ2v) is 15.8. The Morgan fingerprint density at radius 1 is 1.09 bits per heavy atom. The zero-order valence-electron chi connectivity index (χ0n) is 33.5. The molecule has 2 heterocycles. The normalized spacial score (nSPS) is 26.7. The van der Waals surface area contributed by atoms with E-state index in [0.717, 1.165) is 42.7 Å². The zero-order valence-corrected chi connectivity index (χ0v) is 35.1. The maximum Gasteiger partial charge on any atom is 0.244 e. The van der Waals surface area contributed by atoms with E-state index in [9.17, 15) is 24.9 Å². The summed E-state index contributed by atoms with van der Waals surface area (Å²) in [6.45, 7) is 17.6. The maximum atomic E-state index is 12.9. The molecule has 298 valence electrons. The molecule has 5 N–H and O–H groups in total. The third-order valence-corrected chi connectivity index (χ3v) is 11.0. The standard InChI is InChI=1S/C23H31NO2.C18H33ClN2O5S/c1-8-24-23(25)14-17(3)11-9-10-16(2)12-13-21-18(4)15-22(26-7)20(6)19(21)5;1-5-6-10-7-11(21(3)8-10)17(25)20-12(9(2)19)16-14(23)13(22)15(24)18(26-16)27-4/h9-15H,8H2,1-7H3,(H,24,25);9-16,18,22-24H,5-8H2,1-4H3,(H,20,25)/b11-9+,13-12+,16-10+,17-14+;/t;9?,10-,11+,12?,13+,14-,15-,16-,18-/m.1/s1. The summed E-state index contributed by atoms with van der Waals surface area (Å²) in [6, 6.07) is 1.15. The van der Waals surface area contributed by atoms with Crippen molar-refractivity contribution >= 4 is 41.3 Å². The number of amides is 2. The number of aliphatic hydroxyl groups is 3. The van der Waals surface area contributed by atoms with Gasteiger partial charge in [0.15, 0.2) is 0 Å². The molecule has 0 spiro atoms. The van der Waals surface area contributed by atoms with E-state index in [1.54, 1.807) is 26.4 Å². The van der Waals surface area contributed by atoms with Crippen LogP contribution in [-0.2, 0) is 14.3 Å². The van der Waals surface area contributed by atoms with Gasteiger partial charge in [0, 0.05) is 19.2 Å². The summed E-state index contributed by atoms with van der Waals surface area (Å²) >= 11 is 7.55. The van der Waals surface area contributed by atoms with Crippen LogP contribution >= 0.6 is 23.4 Å². The number of hydrogen-bond acceptors (Lipinski definition) is 9. The number of rotatable bonds is 14. The van der Waals surface area contributed by atoms with Gasteiger partial charge >= 0.3 is 0 Å². The molecule has 2 saturated heterocycles. The third-order valence-electron chi connectivity index (χ3n) is 9.90. The zero-order chi connectivity index (χ0) is 40.0. The predicted octanol–water partition coefficient (Wildman–Crippen LogP) is 5.61. The summed E-state index contributed by atoms with van der Waals surface area (Å²) in [4.78, 5) is 26.4. The van der Waals surface area contributed by atoms with Crippen molar-refractivity contribution in [2.24, 2.45) is 5.92 Å². The van der Waals surface area contributed by atoms with E-state index >= 15 is 0 Å². The van der Waals surface area contributed by atoms with Crippen LogP contribution < -0.4 is 15.4 Å². The van der Waals surface area contributed by atoms with E-state index < -0.39 is 41.3 Å². The highest BCUT2D eigenvalue weighted by Gasteiger charge is 2.48. The minimum Gasteiger partial charge on any atom is -0.496 e. The molecule has 0 saturated carbocycles. The van der Waals surface area contributed by atoms with Crippen LogP contribution in [0.15, 0.2) is 47.6 Å². The van der Waals surface area contributed by atoms with E-state index in [1.807, 2.05) is 44.0 Å². The number of aliphatic hydroxyl groups excluding tert-OH is 3. The number of benzene rings is 1. The van der Waals surface area contributed by atoms with Crippen LogP contribution in [0.25, 0.3) is 6.08 Å². The first kappa shape index (κ1) is 46.5. The topological polar surface area (TPSA) is 141 Å². The van der Waals surface area contributed by atoms with Crippen molar-refractivity contribution in [3.05, 3.63) is 69.8 Å². The number of methoxy groups -OCH3 is 1. The predicted molar refractivity (Wildman–Crippen MR) is 218 cm³/mol. The monoisotopic (exact) mass is 777 g/mol. The summed E-state index contributed by atoms with van der Waals surface area (Å²) in [7, 11) is 3.65. The first-order valence-corrected chi connectivity index (χ1v) is 20.2. The first-order valence-electron chi connectivity index (χ1n) is 18.5. The SMILES string of the molecule is CCC[C@@H]1C[C@@H](C(=O)NC(C(C)Cl)[C@H]2O[C@H](SC)[C@H](O)[C@@H](O)[C@H]2O)N(C)C1.CCNC(=O)/C=C(C)/C=C/C=C(C)/C=C/c1c(C)cc(OC)c(C)c1C. The van der Waals surface area contributed by atoms with Crippen LogP contribution in [0.2, 0.25) is 0 Å². The van der Waals surface area contributed by atoms with Crippen LogP contribution in [0.5, 0.6) is 5.75 Å². The number of thioether (sulfide) groups is 1. The molecule has 53 heavy (non-hydrogen) atoms. The average Bonchev–Trinajstić information content (AvgIpc) is 3.48. The number of allylic oxidation sites excluding steroid dienone is 6. The molecule has 2 aliphatic rings. The molecule has 2 aliphatic heterocycles. The highest BCUT2D eigenvalue weighted by molar-refractivity contribution is 7.99. The number of likely N-dealkylation sites (N-methyl/N-ethyl adjacent to an activating group) is 2. The fourth-order valence-corrected chi connectivity index (χ4v) is 7.63. The second-order valence-electron chi connectivity index (χ2n) is 14.2. The van der Waals surface area contributed by atoms with E-state index in [0.29, 0.717) is 12.5 Å². The van der Waals surface area contributed by atoms with E-state index in [1.165, 1.54) is 34.0 Å². The van der Waals surface area contributed by atoms with Gasteiger partial charge < -0.3 is 35.4 Å². The van der Waals surface area contributed by atoms with Crippen LogP contribution in [-0.4, -0.2) is 113 Å². The van der Waals surface area contributed by atoms with E-state index in [4.69, 9.17) is 21.1 Å². The van der Waals surface area contributed by atoms with Gasteiger partial charge in [-0.15, -0.1) is 23.4 Å². The lowest BCUT2D eigenvalue weighted by Gasteiger charge is -2.44. The number of carbonyl (C=O) groups is 2. The molecule has 0 aromatic heterocycles. The Morgan fingerprint density at radius 2 is 1.77 bits per heavy atom. The van der Waals surface area contributed by atoms with Gasteiger partial charge in [-0.1, -0.05) is 49.3 Å². The second kappa shape index (κ2) is 22.7. The molecule has 2 amide bonds. The molecule has 1 aromatic carbocycles. The van der Waals surface area contributed by atoms with Crippen molar-refractivity contribution in [2.75, 3.05) is 33.5 Å². The number of carbonyl (C=O) groups excluding carboxylic acids is 2. The lowest BCUT2D eigenvalue weighted by atomic mass is 9.92. The van der Waals surface area contributed by atoms with Gasteiger partial charge in [-0.3, -0.25) is 14.5 Å². The minimum absolute atomic E-state index is 0.0592. The molecule has 2 fully saturated rings. The average molecular weight is 778 g/mol. The molecule has 10 nitrogen and oxygen atoms in total. The minimum atomic E-state index is -1.36. The van der Waals surface area contributed by atoms with Crippen molar-refractivity contribution in [1.29, 1.82) is 0 Å². The van der Waals surface area contributed by atoms with E-state index in [2.05, 4.69) is 63.5 Å². The molecule has 0 aliphatic carbocycles. The quantitative estimate of drug-likeness (QED) is 0.0927. The highest BCUT2D eigenvalue weighted by atomic mass is 35.5. The van der Waals surface area contributed by atoms with Gasteiger partial charge in [0.2, 0.25) is 11.8 Å². The first-order chi connectivity index (χ1) is 25.0. The largest absolute Gasteiger partial charge is 0.496 e. The number of ether oxygens (including phenoxy) is 2. The van der Waals surface area contributed by atoms with Crippen molar-refractivity contribution in [3.8, 4) is 5.75 Å². The van der Waals surface area contributed by atoms with Crippen LogP contribution in [0.4, 0.5) is 0 Å².